The molecule has 0 aliphatic carbocycles. The zero-order valence-corrected chi connectivity index (χ0v) is 21.4. The van der Waals surface area contributed by atoms with Gasteiger partial charge in [-0.15, -0.1) is 0 Å². The van der Waals surface area contributed by atoms with Crippen LogP contribution < -0.4 is 0 Å². The molecule has 0 aromatic carbocycles. The highest BCUT2D eigenvalue weighted by molar-refractivity contribution is 5.68. The van der Waals surface area contributed by atoms with Gasteiger partial charge in [0.25, 0.3) is 0 Å². The van der Waals surface area contributed by atoms with Crippen LogP contribution in [0.1, 0.15) is 53.4 Å². The van der Waals surface area contributed by atoms with Crippen LogP contribution >= 0.6 is 0 Å². The number of ether oxygens (including phenoxy) is 6. The lowest BCUT2D eigenvalue weighted by Gasteiger charge is -2.44. The molecule has 11 nitrogen and oxygen atoms in total. The van der Waals surface area contributed by atoms with Gasteiger partial charge < -0.3 is 32.9 Å². The first-order valence-corrected chi connectivity index (χ1v) is 11.5. The molecule has 0 aromatic heterocycles. The van der Waals surface area contributed by atoms with Crippen molar-refractivity contribution in [1.82, 2.24) is 0 Å². The maximum atomic E-state index is 11.8. The minimum atomic E-state index is -1.21. The van der Waals surface area contributed by atoms with Crippen molar-refractivity contribution in [2.24, 2.45) is 0 Å². The molecule has 1 fully saturated rings. The number of quaternary nitrogens is 1. The van der Waals surface area contributed by atoms with Crippen molar-refractivity contribution in [1.29, 1.82) is 0 Å². The number of carbonyl (C=O) groups excluding carboxylic acids is 4. The lowest BCUT2D eigenvalue weighted by Crippen LogP contribution is -2.63. The summed E-state index contributed by atoms with van der Waals surface area (Å²) in [5, 5.41) is 0. The highest BCUT2D eigenvalue weighted by Gasteiger charge is 2.52. The molecule has 0 radical (unpaired) electrons. The molecule has 0 amide bonds. The smallest absolute Gasteiger partial charge is 0.303 e. The van der Waals surface area contributed by atoms with Crippen molar-refractivity contribution < 1.29 is 52.1 Å². The first-order chi connectivity index (χ1) is 15.8. The summed E-state index contributed by atoms with van der Waals surface area (Å²) in [7, 11) is 6.44. The first kappa shape index (κ1) is 29.8. The molecule has 5 atom stereocenters. The molecule has 1 aliphatic rings. The van der Waals surface area contributed by atoms with Gasteiger partial charge in [0, 0.05) is 34.3 Å². The van der Waals surface area contributed by atoms with E-state index >= 15 is 0 Å². The maximum absolute atomic E-state index is 11.8. The van der Waals surface area contributed by atoms with E-state index in [1.807, 2.05) is 0 Å². The molecule has 0 N–H and O–H groups in total. The third-order valence-corrected chi connectivity index (χ3v) is 4.95. The van der Waals surface area contributed by atoms with E-state index in [1.165, 1.54) is 27.7 Å². The van der Waals surface area contributed by atoms with Gasteiger partial charge >= 0.3 is 23.9 Å². The van der Waals surface area contributed by atoms with Crippen molar-refractivity contribution >= 4 is 23.9 Å². The van der Waals surface area contributed by atoms with Crippen LogP contribution in [-0.2, 0) is 47.6 Å². The quantitative estimate of drug-likeness (QED) is 0.162. The standard InChI is InChI=1S/C23H40NO10/c1-15(25)30-14-19-20(31-16(2)26)21(32-17(3)27)22(33-18(4)28)23(34-19)29-13-11-9-8-10-12-24(5,6)7/h19-23H,8-14H2,1-7H3/q+1/t19-,20-,21+,22-,23-/m1/s1. The van der Waals surface area contributed by atoms with Crippen molar-refractivity contribution in [3.8, 4) is 0 Å². The summed E-state index contributed by atoms with van der Waals surface area (Å²) in [5.41, 5.74) is 0. The second-order valence-electron chi connectivity index (χ2n) is 9.37. The summed E-state index contributed by atoms with van der Waals surface area (Å²) >= 11 is 0. The Bertz CT molecular complexity index is 690. The monoisotopic (exact) mass is 490 g/mol. The van der Waals surface area contributed by atoms with Crippen molar-refractivity contribution in [3.63, 3.8) is 0 Å². The van der Waals surface area contributed by atoms with E-state index in [4.69, 9.17) is 28.4 Å². The predicted molar refractivity (Wildman–Crippen MR) is 119 cm³/mol. The Morgan fingerprint density at radius 3 is 1.76 bits per heavy atom. The van der Waals surface area contributed by atoms with Crippen LogP contribution in [0.4, 0.5) is 0 Å². The number of rotatable bonds is 13. The fourth-order valence-electron chi connectivity index (χ4n) is 3.56. The van der Waals surface area contributed by atoms with Gasteiger partial charge in [0.15, 0.2) is 24.6 Å². The summed E-state index contributed by atoms with van der Waals surface area (Å²) in [6.45, 7) is 5.87. The van der Waals surface area contributed by atoms with Crippen LogP contribution in [0, 0.1) is 0 Å². The third kappa shape index (κ3) is 11.8. The minimum absolute atomic E-state index is 0.275. The van der Waals surface area contributed by atoms with Gasteiger partial charge in [-0.2, -0.15) is 0 Å². The number of hydrogen-bond acceptors (Lipinski definition) is 10. The Balaban J connectivity index is 2.95. The Kier molecular flexibility index (Phi) is 12.5. The molecule has 11 heteroatoms. The van der Waals surface area contributed by atoms with E-state index < -0.39 is 54.6 Å². The number of hydrogen-bond donors (Lipinski definition) is 0. The van der Waals surface area contributed by atoms with Crippen LogP contribution in [0.2, 0.25) is 0 Å². The van der Waals surface area contributed by atoms with Crippen LogP contribution in [-0.4, -0.2) is 100.0 Å². The number of nitrogens with zero attached hydrogens (tertiary/aromatic N) is 1. The second kappa shape index (κ2) is 14.2. The zero-order valence-electron chi connectivity index (χ0n) is 21.4. The molecule has 0 aromatic rings. The SMILES string of the molecule is CC(=O)OC[C@H]1O[C@@H](OCCCCCC[N+](C)(C)C)[C@H](OC(C)=O)[C@@H](OC(C)=O)[C@@H]1OC(C)=O. The average Bonchev–Trinajstić information content (AvgIpc) is 2.68. The summed E-state index contributed by atoms with van der Waals surface area (Å²) < 4.78 is 33.8. The Morgan fingerprint density at radius 2 is 1.24 bits per heavy atom. The van der Waals surface area contributed by atoms with Crippen LogP contribution in [0.15, 0.2) is 0 Å². The predicted octanol–water partition coefficient (Wildman–Crippen LogP) is 1.35. The lowest BCUT2D eigenvalue weighted by atomic mass is 9.98. The fourth-order valence-corrected chi connectivity index (χ4v) is 3.56. The van der Waals surface area contributed by atoms with Gasteiger partial charge in [0.2, 0.25) is 0 Å². The van der Waals surface area contributed by atoms with Gasteiger partial charge in [-0.05, 0) is 19.3 Å². The van der Waals surface area contributed by atoms with Crippen LogP contribution in [0.5, 0.6) is 0 Å². The fraction of sp³-hybridized carbons (Fsp3) is 0.826. The van der Waals surface area contributed by atoms with Gasteiger partial charge in [0.05, 0.1) is 27.7 Å². The van der Waals surface area contributed by atoms with Gasteiger partial charge in [-0.25, -0.2) is 0 Å². The van der Waals surface area contributed by atoms with Gasteiger partial charge in [0.1, 0.15) is 12.7 Å². The van der Waals surface area contributed by atoms with Crippen molar-refractivity contribution in [2.45, 2.75) is 84.1 Å². The largest absolute Gasteiger partial charge is 0.463 e. The number of esters is 4. The molecular formula is C23H40NO10+. The lowest BCUT2D eigenvalue weighted by molar-refractivity contribution is -0.870. The highest BCUT2D eigenvalue weighted by atomic mass is 16.7. The molecule has 1 saturated heterocycles. The zero-order chi connectivity index (χ0) is 25.9. The summed E-state index contributed by atoms with van der Waals surface area (Å²) in [6, 6.07) is 0. The molecule has 0 spiro atoms. The van der Waals surface area contributed by atoms with E-state index in [2.05, 4.69) is 21.1 Å². The Morgan fingerprint density at radius 1 is 0.706 bits per heavy atom. The van der Waals surface area contributed by atoms with E-state index in [0.29, 0.717) is 6.61 Å². The average molecular weight is 491 g/mol. The first-order valence-electron chi connectivity index (χ1n) is 11.5. The molecule has 34 heavy (non-hydrogen) atoms. The third-order valence-electron chi connectivity index (χ3n) is 4.95. The van der Waals surface area contributed by atoms with Gasteiger partial charge in [-0.3, -0.25) is 19.2 Å². The van der Waals surface area contributed by atoms with Crippen molar-refractivity contribution in [3.05, 3.63) is 0 Å². The summed E-state index contributed by atoms with van der Waals surface area (Å²) in [6.07, 6.45) is -1.90. The van der Waals surface area contributed by atoms with E-state index in [1.54, 1.807) is 0 Å². The van der Waals surface area contributed by atoms with E-state index in [0.717, 1.165) is 36.7 Å². The molecule has 1 heterocycles. The topological polar surface area (TPSA) is 124 Å². The Hall–Kier alpha value is -2.24. The highest BCUT2D eigenvalue weighted by Crippen LogP contribution is 2.30. The molecular weight excluding hydrogens is 450 g/mol. The van der Waals surface area contributed by atoms with E-state index in [-0.39, 0.29) is 6.61 Å². The van der Waals surface area contributed by atoms with Crippen LogP contribution in [0.25, 0.3) is 0 Å². The molecule has 1 aliphatic heterocycles. The maximum Gasteiger partial charge on any atom is 0.303 e. The molecule has 0 bridgehead atoms. The normalized spacial score (nSPS) is 24.7. The number of unbranched alkanes of at least 4 members (excludes halogenated alkanes) is 3. The second-order valence-corrected chi connectivity index (χ2v) is 9.37. The molecule has 0 unspecified atom stereocenters. The summed E-state index contributed by atoms with van der Waals surface area (Å²) in [5.74, 6) is -2.57. The summed E-state index contributed by atoms with van der Waals surface area (Å²) in [4.78, 5) is 46.7. The molecule has 1 rings (SSSR count). The van der Waals surface area contributed by atoms with Crippen molar-refractivity contribution in [2.75, 3.05) is 40.9 Å². The molecule has 196 valence electrons. The molecule has 0 saturated carbocycles. The number of carbonyl (C=O) groups is 4. The minimum Gasteiger partial charge on any atom is -0.463 e. The van der Waals surface area contributed by atoms with E-state index in [9.17, 15) is 19.2 Å². The van der Waals surface area contributed by atoms with Gasteiger partial charge in [-0.1, -0.05) is 6.42 Å². The Labute approximate surface area is 201 Å². The van der Waals surface area contributed by atoms with Crippen LogP contribution in [0.3, 0.4) is 0 Å².